The van der Waals surface area contributed by atoms with Crippen molar-refractivity contribution in [2.75, 3.05) is 0 Å². The molecule has 23 heavy (non-hydrogen) atoms. The van der Waals surface area contributed by atoms with Crippen LogP contribution >= 0.6 is 23.8 Å². The summed E-state index contributed by atoms with van der Waals surface area (Å²) in [4.78, 5) is 0.552. The number of rotatable bonds is 4. The van der Waals surface area contributed by atoms with E-state index in [1.165, 1.54) is 0 Å². The van der Waals surface area contributed by atoms with E-state index in [-0.39, 0.29) is 16.8 Å². The summed E-state index contributed by atoms with van der Waals surface area (Å²) < 4.78 is 25.9. The topological polar surface area (TPSA) is 60.2 Å². The smallest absolute Gasteiger partial charge is 0.182 e. The highest BCUT2D eigenvalue weighted by Crippen LogP contribution is 2.54. The minimum Gasteiger partial charge on any atom is -0.393 e. The number of hydrogen-bond donors (Lipinski definition) is 1. The summed E-state index contributed by atoms with van der Waals surface area (Å²) in [6.45, 7) is 1.92. The molecule has 0 heterocycles. The molecule has 0 unspecified atom stereocenters. The highest BCUT2D eigenvalue weighted by molar-refractivity contribution is 7.92. The number of benzene rings is 2. The van der Waals surface area contributed by atoms with Crippen LogP contribution in [-0.2, 0) is 9.84 Å². The Hall–Kier alpha value is -1.43. The number of aryl methyl sites for hydroxylation is 1. The standard InChI is InChI=1S/C17H16ClNO2S2/c1-10-2-8-13(9-3-10)23(20,21)16-14(15(16)17(19)22)11-4-6-12(18)7-5-11/h2-9,14-16H,1H3,(H2,19,22)/t14-,15+,16+/m1/s1. The van der Waals surface area contributed by atoms with Crippen molar-refractivity contribution in [1.82, 2.24) is 0 Å². The van der Waals surface area contributed by atoms with Crippen molar-refractivity contribution in [3.63, 3.8) is 0 Å². The highest BCUT2D eigenvalue weighted by Gasteiger charge is 2.60. The second-order valence-electron chi connectivity index (χ2n) is 5.83. The van der Waals surface area contributed by atoms with Crippen molar-refractivity contribution < 1.29 is 8.42 Å². The maximum absolute atomic E-state index is 12.9. The van der Waals surface area contributed by atoms with E-state index in [1.54, 1.807) is 36.4 Å². The van der Waals surface area contributed by atoms with Crippen LogP contribution in [0.4, 0.5) is 0 Å². The van der Waals surface area contributed by atoms with Gasteiger partial charge in [0.15, 0.2) is 9.84 Å². The molecule has 3 rings (SSSR count). The Morgan fingerprint density at radius 3 is 2.17 bits per heavy atom. The van der Waals surface area contributed by atoms with Gasteiger partial charge in [-0.05, 0) is 36.8 Å². The number of halogens is 1. The van der Waals surface area contributed by atoms with E-state index in [1.807, 2.05) is 19.1 Å². The molecule has 1 saturated carbocycles. The summed E-state index contributed by atoms with van der Waals surface area (Å²) in [6, 6.07) is 14.0. The van der Waals surface area contributed by atoms with Crippen LogP contribution < -0.4 is 5.73 Å². The van der Waals surface area contributed by atoms with Gasteiger partial charge in [-0.3, -0.25) is 0 Å². The van der Waals surface area contributed by atoms with Gasteiger partial charge >= 0.3 is 0 Å². The van der Waals surface area contributed by atoms with Crippen LogP contribution in [0.25, 0.3) is 0 Å². The van der Waals surface area contributed by atoms with Crippen molar-refractivity contribution in [2.45, 2.75) is 23.0 Å². The fourth-order valence-corrected chi connectivity index (χ4v) is 5.63. The van der Waals surface area contributed by atoms with Gasteiger partial charge < -0.3 is 5.73 Å². The van der Waals surface area contributed by atoms with Crippen molar-refractivity contribution >= 4 is 38.6 Å². The van der Waals surface area contributed by atoms with Crippen LogP contribution in [0, 0.1) is 12.8 Å². The van der Waals surface area contributed by atoms with Crippen LogP contribution in [0.15, 0.2) is 53.4 Å². The summed E-state index contributed by atoms with van der Waals surface area (Å²) in [5.74, 6) is -0.548. The Morgan fingerprint density at radius 2 is 1.65 bits per heavy atom. The van der Waals surface area contributed by atoms with Crippen molar-refractivity contribution in [3.05, 3.63) is 64.7 Å². The van der Waals surface area contributed by atoms with E-state index >= 15 is 0 Å². The first-order valence-electron chi connectivity index (χ1n) is 7.18. The van der Waals surface area contributed by atoms with E-state index in [0.29, 0.717) is 9.92 Å². The molecule has 3 atom stereocenters. The van der Waals surface area contributed by atoms with Gasteiger partial charge in [0.1, 0.15) is 0 Å². The molecule has 120 valence electrons. The lowest BCUT2D eigenvalue weighted by atomic mass is 10.1. The normalized spacial score (nSPS) is 23.5. The number of sulfone groups is 1. The van der Waals surface area contributed by atoms with Crippen molar-refractivity contribution in [2.24, 2.45) is 11.7 Å². The Morgan fingerprint density at radius 1 is 1.09 bits per heavy atom. The molecule has 2 aromatic rings. The second kappa shape index (κ2) is 5.89. The van der Waals surface area contributed by atoms with Gasteiger partial charge in [-0.2, -0.15) is 0 Å². The van der Waals surface area contributed by atoms with Gasteiger partial charge in [0.2, 0.25) is 0 Å². The lowest BCUT2D eigenvalue weighted by molar-refractivity contribution is 0.593. The fourth-order valence-electron chi connectivity index (χ4n) is 2.98. The van der Waals surface area contributed by atoms with Crippen LogP contribution in [0.1, 0.15) is 17.0 Å². The molecule has 0 aliphatic heterocycles. The summed E-state index contributed by atoms with van der Waals surface area (Å²) in [7, 11) is -3.48. The lowest BCUT2D eigenvalue weighted by Crippen LogP contribution is -2.17. The van der Waals surface area contributed by atoms with Crippen LogP contribution in [0.2, 0.25) is 5.02 Å². The van der Waals surface area contributed by atoms with E-state index in [2.05, 4.69) is 0 Å². The molecule has 1 aliphatic carbocycles. The van der Waals surface area contributed by atoms with E-state index in [9.17, 15) is 8.42 Å². The van der Waals surface area contributed by atoms with Crippen molar-refractivity contribution in [1.29, 1.82) is 0 Å². The Balaban J connectivity index is 1.98. The van der Waals surface area contributed by atoms with E-state index in [4.69, 9.17) is 29.6 Å². The van der Waals surface area contributed by atoms with Crippen LogP contribution in [0.3, 0.4) is 0 Å². The Labute approximate surface area is 146 Å². The minimum absolute atomic E-state index is 0.212. The Kier molecular flexibility index (Phi) is 4.21. The third kappa shape index (κ3) is 3.01. The minimum atomic E-state index is -3.48. The molecule has 3 nitrogen and oxygen atoms in total. The lowest BCUT2D eigenvalue weighted by Gasteiger charge is -2.05. The third-order valence-electron chi connectivity index (χ3n) is 4.25. The molecule has 0 amide bonds. The summed E-state index contributed by atoms with van der Waals surface area (Å²) in [6.07, 6.45) is 0. The van der Waals surface area contributed by atoms with Gasteiger partial charge in [-0.15, -0.1) is 0 Å². The molecule has 0 radical (unpaired) electrons. The summed E-state index contributed by atoms with van der Waals surface area (Å²) in [5, 5.41) is 0.00287. The first-order valence-corrected chi connectivity index (χ1v) is 9.51. The van der Waals surface area contributed by atoms with E-state index < -0.39 is 15.1 Å². The Bertz CT molecular complexity index is 845. The number of nitrogens with two attached hydrogens (primary N) is 1. The molecular weight excluding hydrogens is 350 g/mol. The first kappa shape index (κ1) is 16.4. The predicted molar refractivity (Wildman–Crippen MR) is 96.6 cm³/mol. The zero-order valence-electron chi connectivity index (χ0n) is 12.4. The largest absolute Gasteiger partial charge is 0.393 e. The second-order valence-corrected chi connectivity index (χ2v) is 8.84. The number of hydrogen-bond acceptors (Lipinski definition) is 3. The van der Waals surface area contributed by atoms with Crippen molar-refractivity contribution in [3.8, 4) is 0 Å². The molecule has 6 heteroatoms. The zero-order chi connectivity index (χ0) is 16.8. The highest BCUT2D eigenvalue weighted by atomic mass is 35.5. The monoisotopic (exact) mass is 365 g/mol. The van der Waals surface area contributed by atoms with Gasteiger partial charge in [-0.25, -0.2) is 8.42 Å². The molecule has 0 spiro atoms. The fraction of sp³-hybridized carbons (Fsp3) is 0.235. The molecule has 0 saturated heterocycles. The average Bonchev–Trinajstić information content (AvgIpc) is 3.25. The van der Waals surface area contributed by atoms with Crippen LogP contribution in [-0.4, -0.2) is 18.7 Å². The molecule has 2 aromatic carbocycles. The summed E-state index contributed by atoms with van der Waals surface area (Å²) in [5.41, 5.74) is 7.70. The molecule has 1 aliphatic rings. The maximum atomic E-state index is 12.9. The van der Waals surface area contributed by atoms with Gasteiger partial charge in [0, 0.05) is 16.9 Å². The molecule has 2 N–H and O–H groups in total. The van der Waals surface area contributed by atoms with Gasteiger partial charge in [0.05, 0.1) is 15.1 Å². The first-order chi connectivity index (χ1) is 10.8. The average molecular weight is 366 g/mol. The maximum Gasteiger partial charge on any atom is 0.182 e. The third-order valence-corrected chi connectivity index (χ3v) is 7.00. The predicted octanol–water partition coefficient (Wildman–Crippen LogP) is 3.49. The molecule has 0 aromatic heterocycles. The van der Waals surface area contributed by atoms with Crippen LogP contribution in [0.5, 0.6) is 0 Å². The number of thiocarbonyl (C=S) groups is 1. The molecular formula is C17H16ClNO2S2. The SMILES string of the molecule is Cc1ccc(S(=O)(=O)[C@@H]2[C@@H](C(N)=S)[C@H]2c2ccc(Cl)cc2)cc1. The molecule has 1 fully saturated rings. The quantitative estimate of drug-likeness (QED) is 0.842. The zero-order valence-corrected chi connectivity index (χ0v) is 14.8. The van der Waals surface area contributed by atoms with Gasteiger partial charge in [0.25, 0.3) is 0 Å². The van der Waals surface area contributed by atoms with Gasteiger partial charge in [-0.1, -0.05) is 53.6 Å². The summed E-state index contributed by atoms with van der Waals surface area (Å²) >= 11 is 11.0. The van der Waals surface area contributed by atoms with E-state index in [0.717, 1.165) is 11.1 Å². The molecule has 0 bridgehead atoms.